The van der Waals surface area contributed by atoms with Gasteiger partial charge in [-0.3, -0.25) is 0 Å². The summed E-state index contributed by atoms with van der Waals surface area (Å²) < 4.78 is 38.0. The summed E-state index contributed by atoms with van der Waals surface area (Å²) in [6.45, 7) is -0.126. The fourth-order valence-electron chi connectivity index (χ4n) is 3.22. The van der Waals surface area contributed by atoms with E-state index in [0.717, 1.165) is 43.5 Å². The molecule has 3 rings (SSSR count). The smallest absolute Gasteiger partial charge is 0.392 e. The topological polar surface area (TPSA) is 46.0 Å². The average Bonchev–Trinajstić information content (AvgIpc) is 2.61. The molecule has 1 heterocycles. The van der Waals surface area contributed by atoms with E-state index >= 15 is 0 Å². The molecular weight excluding hydrogens is 317 g/mol. The average molecular weight is 336 g/mol. The maximum Gasteiger partial charge on any atom is 0.416 e. The van der Waals surface area contributed by atoms with E-state index in [-0.39, 0.29) is 12.5 Å². The van der Waals surface area contributed by atoms with E-state index in [1.54, 1.807) is 6.20 Å². The molecule has 1 aliphatic rings. The van der Waals surface area contributed by atoms with Gasteiger partial charge in [0.15, 0.2) is 5.82 Å². The minimum atomic E-state index is -4.35. The Hall–Kier alpha value is -1.95. The first kappa shape index (κ1) is 16.9. The molecule has 2 aromatic rings. The number of halogens is 3. The van der Waals surface area contributed by atoms with Gasteiger partial charge < -0.3 is 5.11 Å². The van der Waals surface area contributed by atoms with Crippen LogP contribution in [0.15, 0.2) is 30.5 Å². The van der Waals surface area contributed by atoms with Crippen molar-refractivity contribution in [1.82, 2.24) is 9.97 Å². The summed E-state index contributed by atoms with van der Waals surface area (Å²) in [6, 6.07) is 4.86. The monoisotopic (exact) mass is 336 g/mol. The van der Waals surface area contributed by atoms with E-state index < -0.39 is 11.7 Å². The molecule has 0 amide bonds. The summed E-state index contributed by atoms with van der Waals surface area (Å²) in [7, 11) is 0. The number of aliphatic hydroxyl groups is 1. The number of hydrogen-bond donors (Lipinski definition) is 1. The van der Waals surface area contributed by atoms with Gasteiger partial charge in [0.25, 0.3) is 0 Å². The van der Waals surface area contributed by atoms with E-state index in [1.165, 1.54) is 18.6 Å². The van der Waals surface area contributed by atoms with Crippen LogP contribution in [0.25, 0.3) is 11.4 Å². The third kappa shape index (κ3) is 3.59. The summed E-state index contributed by atoms with van der Waals surface area (Å²) in [6.07, 6.45) is 2.76. The summed E-state index contributed by atoms with van der Waals surface area (Å²) in [5, 5.41) is 9.53. The van der Waals surface area contributed by atoms with Crippen molar-refractivity contribution in [3.05, 3.63) is 47.3 Å². The van der Waals surface area contributed by atoms with Crippen molar-refractivity contribution >= 4 is 0 Å². The predicted molar refractivity (Wildman–Crippen MR) is 84.2 cm³/mol. The van der Waals surface area contributed by atoms with Gasteiger partial charge in [-0.1, -0.05) is 31.4 Å². The molecule has 0 spiro atoms. The van der Waals surface area contributed by atoms with Crippen molar-refractivity contribution in [2.24, 2.45) is 0 Å². The summed E-state index contributed by atoms with van der Waals surface area (Å²) in [4.78, 5) is 8.79. The fourth-order valence-corrected chi connectivity index (χ4v) is 3.22. The molecule has 0 radical (unpaired) electrons. The maximum absolute atomic E-state index is 12.7. The molecule has 128 valence electrons. The van der Waals surface area contributed by atoms with Crippen molar-refractivity contribution < 1.29 is 18.3 Å². The molecular formula is C18H19F3N2O. The van der Waals surface area contributed by atoms with Crippen LogP contribution in [0.3, 0.4) is 0 Å². The molecule has 1 saturated carbocycles. The zero-order valence-electron chi connectivity index (χ0n) is 13.2. The van der Waals surface area contributed by atoms with Crippen LogP contribution in [0.5, 0.6) is 0 Å². The van der Waals surface area contributed by atoms with Crippen LogP contribution in [-0.4, -0.2) is 15.1 Å². The molecule has 1 N–H and O–H groups in total. The lowest BCUT2D eigenvalue weighted by Gasteiger charge is -2.23. The Morgan fingerprint density at radius 2 is 1.71 bits per heavy atom. The van der Waals surface area contributed by atoms with Gasteiger partial charge in [0.2, 0.25) is 0 Å². The largest absolute Gasteiger partial charge is 0.416 e. The molecule has 0 unspecified atom stereocenters. The van der Waals surface area contributed by atoms with Gasteiger partial charge in [0.1, 0.15) is 0 Å². The number of nitrogens with zero attached hydrogens (tertiary/aromatic N) is 2. The highest BCUT2D eigenvalue weighted by atomic mass is 19.4. The Bertz CT molecular complexity index is 692. The van der Waals surface area contributed by atoms with E-state index in [4.69, 9.17) is 0 Å². The number of hydrogen-bond acceptors (Lipinski definition) is 3. The Morgan fingerprint density at radius 3 is 2.29 bits per heavy atom. The Morgan fingerprint density at radius 1 is 1.04 bits per heavy atom. The second-order valence-electron chi connectivity index (χ2n) is 6.17. The lowest BCUT2D eigenvalue weighted by Crippen LogP contribution is -2.11. The number of rotatable bonds is 3. The van der Waals surface area contributed by atoms with Crippen LogP contribution >= 0.6 is 0 Å². The number of benzene rings is 1. The van der Waals surface area contributed by atoms with Gasteiger partial charge in [0.05, 0.1) is 17.9 Å². The van der Waals surface area contributed by atoms with Gasteiger partial charge in [-0.15, -0.1) is 0 Å². The third-order valence-corrected chi connectivity index (χ3v) is 4.53. The first-order chi connectivity index (χ1) is 11.5. The first-order valence-electron chi connectivity index (χ1n) is 8.13. The molecule has 0 aliphatic heterocycles. The van der Waals surface area contributed by atoms with Gasteiger partial charge in [-0.05, 0) is 25.0 Å². The summed E-state index contributed by atoms with van der Waals surface area (Å²) in [5.41, 5.74) is 1.40. The van der Waals surface area contributed by atoms with E-state index in [0.29, 0.717) is 17.0 Å². The summed E-state index contributed by atoms with van der Waals surface area (Å²) in [5.74, 6) is 0.693. The minimum absolute atomic E-state index is 0.126. The molecule has 1 aromatic heterocycles. The minimum Gasteiger partial charge on any atom is -0.392 e. The Balaban J connectivity index is 1.93. The van der Waals surface area contributed by atoms with Crippen molar-refractivity contribution in [2.45, 2.75) is 50.8 Å². The van der Waals surface area contributed by atoms with Crippen molar-refractivity contribution in [3.8, 4) is 11.4 Å². The number of aromatic nitrogens is 2. The zero-order valence-corrected chi connectivity index (χ0v) is 13.2. The molecule has 1 aliphatic carbocycles. The Kier molecular flexibility index (Phi) is 4.85. The number of aliphatic hydroxyl groups excluding tert-OH is 1. The molecule has 0 atom stereocenters. The highest BCUT2D eigenvalue weighted by Gasteiger charge is 2.30. The SMILES string of the molecule is OCc1cnc(-c2ccc(C(F)(F)F)cc2)nc1C1CCCCC1. The summed E-state index contributed by atoms with van der Waals surface area (Å²) >= 11 is 0. The second kappa shape index (κ2) is 6.89. The van der Waals surface area contributed by atoms with E-state index in [1.807, 2.05) is 0 Å². The number of alkyl halides is 3. The van der Waals surface area contributed by atoms with E-state index in [2.05, 4.69) is 9.97 Å². The predicted octanol–water partition coefficient (Wildman–Crippen LogP) is 4.70. The molecule has 1 aromatic carbocycles. The van der Waals surface area contributed by atoms with Gasteiger partial charge >= 0.3 is 6.18 Å². The molecule has 6 heteroatoms. The van der Waals surface area contributed by atoms with Crippen molar-refractivity contribution in [3.63, 3.8) is 0 Å². The third-order valence-electron chi connectivity index (χ3n) is 4.53. The van der Waals surface area contributed by atoms with Crippen LogP contribution < -0.4 is 0 Å². The van der Waals surface area contributed by atoms with Crippen LogP contribution in [0.1, 0.15) is 54.8 Å². The lowest BCUT2D eigenvalue weighted by atomic mass is 9.85. The van der Waals surface area contributed by atoms with Crippen LogP contribution in [0.2, 0.25) is 0 Å². The quantitative estimate of drug-likeness (QED) is 0.883. The molecule has 0 bridgehead atoms. The van der Waals surface area contributed by atoms with Gasteiger partial charge in [-0.2, -0.15) is 13.2 Å². The standard InChI is InChI=1S/C18H19F3N2O/c19-18(20,21)15-8-6-13(7-9-15)17-22-10-14(11-24)16(23-17)12-4-2-1-3-5-12/h6-10,12,24H,1-5,11H2. The van der Waals surface area contributed by atoms with Crippen molar-refractivity contribution in [2.75, 3.05) is 0 Å². The highest BCUT2D eigenvalue weighted by Crippen LogP contribution is 2.34. The van der Waals surface area contributed by atoms with Gasteiger partial charge in [-0.25, -0.2) is 9.97 Å². The molecule has 1 fully saturated rings. The lowest BCUT2D eigenvalue weighted by molar-refractivity contribution is -0.137. The molecule has 3 nitrogen and oxygen atoms in total. The van der Waals surface area contributed by atoms with Crippen molar-refractivity contribution in [1.29, 1.82) is 0 Å². The normalized spacial score (nSPS) is 16.3. The Labute approximate surface area is 138 Å². The molecule has 24 heavy (non-hydrogen) atoms. The van der Waals surface area contributed by atoms with Gasteiger partial charge in [0, 0.05) is 23.2 Å². The molecule has 0 saturated heterocycles. The van der Waals surface area contributed by atoms with E-state index in [9.17, 15) is 18.3 Å². The highest BCUT2D eigenvalue weighted by molar-refractivity contribution is 5.56. The maximum atomic E-state index is 12.7. The van der Waals surface area contributed by atoms with Crippen LogP contribution in [-0.2, 0) is 12.8 Å². The second-order valence-corrected chi connectivity index (χ2v) is 6.17. The van der Waals surface area contributed by atoms with Crippen LogP contribution in [0.4, 0.5) is 13.2 Å². The van der Waals surface area contributed by atoms with Crippen LogP contribution in [0, 0.1) is 0 Å². The first-order valence-corrected chi connectivity index (χ1v) is 8.13. The fraction of sp³-hybridized carbons (Fsp3) is 0.444. The zero-order chi connectivity index (χ0) is 17.2.